The molecule has 1 fully saturated rings. The van der Waals surface area contributed by atoms with Gasteiger partial charge in [0, 0.05) is 30.7 Å². The van der Waals surface area contributed by atoms with Gasteiger partial charge in [-0.3, -0.25) is 4.90 Å². The molecule has 1 N–H and O–H groups in total. The van der Waals surface area contributed by atoms with Crippen molar-refractivity contribution in [2.75, 3.05) is 32.8 Å². The number of sulfonamides is 1. The van der Waals surface area contributed by atoms with Gasteiger partial charge in [0.25, 0.3) is 0 Å². The molecule has 0 amide bonds. The molecule has 1 saturated heterocycles. The molecular formula is C19H22ClFN2O3S. The number of hydrogen-bond donors (Lipinski definition) is 1. The molecule has 2 aromatic carbocycles. The summed E-state index contributed by atoms with van der Waals surface area (Å²) in [4.78, 5) is 2.22. The maximum absolute atomic E-state index is 13.5. The van der Waals surface area contributed by atoms with Gasteiger partial charge >= 0.3 is 0 Å². The van der Waals surface area contributed by atoms with Gasteiger partial charge in [0.1, 0.15) is 5.82 Å². The summed E-state index contributed by atoms with van der Waals surface area (Å²) >= 11 is 6.13. The second kappa shape index (κ2) is 8.67. The van der Waals surface area contributed by atoms with Gasteiger partial charge in [-0.1, -0.05) is 23.7 Å². The Morgan fingerprint density at radius 3 is 2.63 bits per heavy atom. The number of ether oxygens (including phenoxy) is 1. The van der Waals surface area contributed by atoms with Crippen molar-refractivity contribution in [2.24, 2.45) is 0 Å². The van der Waals surface area contributed by atoms with E-state index in [2.05, 4.69) is 9.62 Å². The first kappa shape index (κ1) is 20.2. The Morgan fingerprint density at radius 1 is 1.22 bits per heavy atom. The van der Waals surface area contributed by atoms with E-state index in [1.54, 1.807) is 6.07 Å². The summed E-state index contributed by atoms with van der Waals surface area (Å²) < 4.78 is 46.9. The smallest absolute Gasteiger partial charge is 0.240 e. The van der Waals surface area contributed by atoms with E-state index >= 15 is 0 Å². The highest BCUT2D eigenvalue weighted by atomic mass is 35.5. The van der Waals surface area contributed by atoms with Crippen LogP contribution >= 0.6 is 11.6 Å². The molecule has 27 heavy (non-hydrogen) atoms. The van der Waals surface area contributed by atoms with Gasteiger partial charge < -0.3 is 4.74 Å². The van der Waals surface area contributed by atoms with Crippen LogP contribution in [0.2, 0.25) is 5.02 Å². The van der Waals surface area contributed by atoms with Gasteiger partial charge in [0.15, 0.2) is 0 Å². The van der Waals surface area contributed by atoms with Crippen LogP contribution in [0, 0.1) is 12.7 Å². The summed E-state index contributed by atoms with van der Waals surface area (Å²) in [6.07, 6.45) is 0. The second-order valence-corrected chi connectivity index (χ2v) is 8.69. The topological polar surface area (TPSA) is 58.6 Å². The quantitative estimate of drug-likeness (QED) is 0.791. The van der Waals surface area contributed by atoms with Crippen molar-refractivity contribution in [2.45, 2.75) is 17.9 Å². The maximum Gasteiger partial charge on any atom is 0.240 e. The molecule has 3 rings (SSSR count). The van der Waals surface area contributed by atoms with Crippen LogP contribution in [0.1, 0.15) is 17.2 Å². The molecule has 8 heteroatoms. The van der Waals surface area contributed by atoms with E-state index in [1.807, 2.05) is 18.2 Å². The maximum atomic E-state index is 13.5. The summed E-state index contributed by atoms with van der Waals surface area (Å²) in [7, 11) is -3.76. The van der Waals surface area contributed by atoms with Crippen LogP contribution in [0.3, 0.4) is 0 Å². The predicted molar refractivity (Wildman–Crippen MR) is 103 cm³/mol. The van der Waals surface area contributed by atoms with Crippen molar-refractivity contribution in [1.82, 2.24) is 9.62 Å². The molecule has 5 nitrogen and oxygen atoms in total. The SMILES string of the molecule is Cc1cc(S(=O)(=O)NCC(c2cccc(Cl)c2)N2CCOCC2)ccc1F. The zero-order valence-electron chi connectivity index (χ0n) is 15.0. The zero-order valence-corrected chi connectivity index (χ0v) is 16.6. The number of rotatable bonds is 6. The highest BCUT2D eigenvalue weighted by Crippen LogP contribution is 2.25. The van der Waals surface area contributed by atoms with E-state index in [0.29, 0.717) is 31.3 Å². The van der Waals surface area contributed by atoms with Crippen LogP contribution in [0.25, 0.3) is 0 Å². The number of halogens is 2. The molecule has 1 atom stereocenters. The minimum absolute atomic E-state index is 0.0493. The van der Waals surface area contributed by atoms with Crippen LogP contribution < -0.4 is 4.72 Å². The summed E-state index contributed by atoms with van der Waals surface area (Å²) in [5.41, 5.74) is 1.22. The summed E-state index contributed by atoms with van der Waals surface area (Å²) in [5, 5.41) is 0.600. The Bertz CT molecular complexity index is 902. The van der Waals surface area contributed by atoms with E-state index in [0.717, 1.165) is 5.56 Å². The lowest BCUT2D eigenvalue weighted by Gasteiger charge is -2.35. The van der Waals surface area contributed by atoms with E-state index in [1.165, 1.54) is 25.1 Å². The third kappa shape index (κ3) is 5.06. The average molecular weight is 413 g/mol. The molecule has 1 heterocycles. The first-order valence-corrected chi connectivity index (χ1v) is 10.6. The minimum Gasteiger partial charge on any atom is -0.379 e. The monoisotopic (exact) mass is 412 g/mol. The fourth-order valence-corrected chi connectivity index (χ4v) is 4.44. The molecule has 1 aliphatic rings. The Kier molecular flexibility index (Phi) is 6.49. The summed E-state index contributed by atoms with van der Waals surface area (Å²) in [6, 6.07) is 11.0. The van der Waals surface area contributed by atoms with Gasteiger partial charge in [-0.2, -0.15) is 0 Å². The molecule has 1 aliphatic heterocycles. The van der Waals surface area contributed by atoms with E-state index < -0.39 is 15.8 Å². The largest absolute Gasteiger partial charge is 0.379 e. The molecule has 2 aromatic rings. The highest BCUT2D eigenvalue weighted by molar-refractivity contribution is 7.89. The molecule has 1 unspecified atom stereocenters. The van der Waals surface area contributed by atoms with Crippen LogP contribution in [0.5, 0.6) is 0 Å². The second-order valence-electron chi connectivity index (χ2n) is 6.48. The Balaban J connectivity index is 1.82. The molecule has 146 valence electrons. The van der Waals surface area contributed by atoms with E-state index in [-0.39, 0.29) is 23.0 Å². The summed E-state index contributed by atoms with van der Waals surface area (Å²) in [6.45, 7) is 4.32. The van der Waals surface area contributed by atoms with Crippen molar-refractivity contribution >= 4 is 21.6 Å². The third-order valence-electron chi connectivity index (χ3n) is 4.63. The fourth-order valence-electron chi connectivity index (χ4n) is 3.12. The number of nitrogens with one attached hydrogen (secondary N) is 1. The van der Waals surface area contributed by atoms with Gasteiger partial charge in [0.05, 0.1) is 18.1 Å². The number of benzene rings is 2. The summed E-state index contributed by atoms with van der Waals surface area (Å²) in [5.74, 6) is -0.431. The Hall–Kier alpha value is -1.51. The van der Waals surface area contributed by atoms with Crippen LogP contribution in [-0.4, -0.2) is 46.2 Å². The Labute approximate surface area is 164 Å². The zero-order chi connectivity index (χ0) is 19.4. The molecule has 0 aromatic heterocycles. The Morgan fingerprint density at radius 2 is 1.96 bits per heavy atom. The fraction of sp³-hybridized carbons (Fsp3) is 0.368. The first-order valence-electron chi connectivity index (χ1n) is 8.70. The van der Waals surface area contributed by atoms with Crippen molar-refractivity contribution in [3.05, 3.63) is 64.4 Å². The molecular weight excluding hydrogens is 391 g/mol. The highest BCUT2D eigenvalue weighted by Gasteiger charge is 2.25. The van der Waals surface area contributed by atoms with Crippen molar-refractivity contribution < 1.29 is 17.5 Å². The molecule has 0 bridgehead atoms. The van der Waals surface area contributed by atoms with Crippen molar-refractivity contribution in [3.63, 3.8) is 0 Å². The van der Waals surface area contributed by atoms with Crippen molar-refractivity contribution in [1.29, 1.82) is 0 Å². The lowest BCUT2D eigenvalue weighted by molar-refractivity contribution is 0.0172. The first-order chi connectivity index (χ1) is 12.9. The van der Waals surface area contributed by atoms with E-state index in [9.17, 15) is 12.8 Å². The molecule has 0 radical (unpaired) electrons. The predicted octanol–water partition coefficient (Wildman–Crippen LogP) is 3.14. The van der Waals surface area contributed by atoms with Crippen molar-refractivity contribution in [3.8, 4) is 0 Å². The molecule has 0 aliphatic carbocycles. The molecule has 0 saturated carbocycles. The third-order valence-corrected chi connectivity index (χ3v) is 6.28. The number of nitrogens with zero attached hydrogens (tertiary/aromatic N) is 1. The van der Waals surface area contributed by atoms with Gasteiger partial charge in [0.2, 0.25) is 10.0 Å². The normalized spacial score (nSPS) is 17.0. The number of hydrogen-bond acceptors (Lipinski definition) is 4. The lowest BCUT2D eigenvalue weighted by atomic mass is 10.1. The van der Waals surface area contributed by atoms with Gasteiger partial charge in [-0.25, -0.2) is 17.5 Å². The number of aryl methyl sites for hydroxylation is 1. The standard InChI is InChI=1S/C19H22ClFN2O3S/c1-14-11-17(5-6-18(14)21)27(24,25)22-13-19(23-7-9-26-10-8-23)15-3-2-4-16(20)12-15/h2-6,11-12,19,22H,7-10,13H2,1H3. The van der Waals surface area contributed by atoms with Crippen LogP contribution in [0.4, 0.5) is 4.39 Å². The van der Waals surface area contributed by atoms with Gasteiger partial charge in [-0.05, 0) is 48.4 Å². The van der Waals surface area contributed by atoms with Crippen LogP contribution in [-0.2, 0) is 14.8 Å². The molecule has 0 spiro atoms. The minimum atomic E-state index is -3.76. The lowest BCUT2D eigenvalue weighted by Crippen LogP contribution is -2.43. The average Bonchev–Trinajstić information content (AvgIpc) is 2.65. The number of morpholine rings is 1. The van der Waals surface area contributed by atoms with Crippen LogP contribution in [0.15, 0.2) is 47.4 Å². The van der Waals surface area contributed by atoms with Gasteiger partial charge in [-0.15, -0.1) is 0 Å². The van der Waals surface area contributed by atoms with E-state index in [4.69, 9.17) is 16.3 Å².